The zero-order valence-corrected chi connectivity index (χ0v) is 11.5. The number of hydrogen-bond acceptors (Lipinski definition) is 4. The highest BCUT2D eigenvalue weighted by atomic mass is 19.3. The molecule has 1 rings (SSSR count). The van der Waals surface area contributed by atoms with Gasteiger partial charge in [-0.05, 0) is 18.2 Å². The Hall–Kier alpha value is -2.89. The van der Waals surface area contributed by atoms with Crippen LogP contribution in [0.25, 0.3) is 0 Å². The number of aliphatic carboxylic acids is 1. The first-order valence-corrected chi connectivity index (χ1v) is 6.06. The number of carbonyl (C=O) groups is 2. The quantitative estimate of drug-likeness (QED) is 0.837. The number of nitrogens with one attached hydrogen (secondary N) is 1. The van der Waals surface area contributed by atoms with Gasteiger partial charge in [-0.2, -0.15) is 14.0 Å². The minimum absolute atomic E-state index is 0.0653. The molecule has 0 heterocycles. The largest absolute Gasteiger partial charge is 0.481 e. The molecule has 0 spiro atoms. The number of halogens is 2. The van der Waals surface area contributed by atoms with Gasteiger partial charge in [0.1, 0.15) is 5.75 Å². The number of hydrogen-bond donors (Lipinski definition) is 2. The lowest BCUT2D eigenvalue weighted by atomic mass is 10.2. The summed E-state index contributed by atoms with van der Waals surface area (Å²) in [5, 5.41) is 19.6. The van der Waals surface area contributed by atoms with E-state index in [4.69, 9.17) is 10.4 Å². The fourth-order valence-electron chi connectivity index (χ4n) is 1.47. The monoisotopic (exact) mass is 313 g/mol. The highest BCUT2D eigenvalue weighted by molar-refractivity contribution is 5.91. The molecule has 0 bridgehead atoms. The summed E-state index contributed by atoms with van der Waals surface area (Å²) in [4.78, 5) is 23.4. The van der Waals surface area contributed by atoms with Gasteiger partial charge in [-0.1, -0.05) is 0 Å². The minimum atomic E-state index is -3.09. The second-order valence-corrected chi connectivity index (χ2v) is 4.20. The van der Waals surface area contributed by atoms with Gasteiger partial charge in [-0.15, -0.1) is 0 Å². The summed E-state index contributed by atoms with van der Waals surface area (Å²) in [5.41, 5.74) is 0.0385. The average molecular weight is 313 g/mol. The molecule has 0 unspecified atom stereocenters. The van der Waals surface area contributed by atoms with Gasteiger partial charge in [0.25, 0.3) is 0 Å². The lowest BCUT2D eigenvalue weighted by Crippen LogP contribution is -2.33. The van der Waals surface area contributed by atoms with Crippen molar-refractivity contribution in [2.24, 2.45) is 0 Å². The van der Waals surface area contributed by atoms with Gasteiger partial charge in [0.15, 0.2) is 0 Å². The van der Waals surface area contributed by atoms with Crippen LogP contribution in [-0.4, -0.2) is 42.2 Å². The van der Waals surface area contributed by atoms with Crippen LogP contribution in [-0.2, 0) is 4.79 Å². The summed E-state index contributed by atoms with van der Waals surface area (Å²) in [7, 11) is 1.35. The molecule has 0 saturated heterocycles. The molecule has 0 atom stereocenters. The van der Waals surface area contributed by atoms with Crippen molar-refractivity contribution in [1.82, 2.24) is 4.90 Å². The Morgan fingerprint density at radius 1 is 1.50 bits per heavy atom. The molecular formula is C13H13F2N3O4. The van der Waals surface area contributed by atoms with Gasteiger partial charge in [-0.3, -0.25) is 4.79 Å². The molecule has 1 aromatic carbocycles. The first-order chi connectivity index (χ1) is 10.3. The van der Waals surface area contributed by atoms with Crippen molar-refractivity contribution in [2.75, 3.05) is 18.9 Å². The van der Waals surface area contributed by atoms with Crippen molar-refractivity contribution in [1.29, 1.82) is 5.26 Å². The van der Waals surface area contributed by atoms with Crippen molar-refractivity contribution >= 4 is 17.7 Å². The first kappa shape index (κ1) is 17.2. The van der Waals surface area contributed by atoms with Gasteiger partial charge in [0.05, 0.1) is 23.7 Å². The number of carboxylic acids is 1. The van der Waals surface area contributed by atoms with Crippen LogP contribution in [0.2, 0.25) is 0 Å². The molecule has 0 fully saturated rings. The molecule has 2 amide bonds. The standard InChI is InChI=1S/C13H13F2N3O4/c1-18(5-4-11(19)20)13(21)17-9-6-8(7-16)2-3-10(9)22-12(14)15/h2-3,6,12H,4-5H2,1H3,(H,17,21)(H,19,20). The molecule has 7 nitrogen and oxygen atoms in total. The molecule has 1 aromatic rings. The number of alkyl halides is 2. The lowest BCUT2D eigenvalue weighted by Gasteiger charge is -2.18. The SMILES string of the molecule is CN(CCC(=O)O)C(=O)Nc1cc(C#N)ccc1OC(F)F. The molecule has 118 valence electrons. The fourth-order valence-corrected chi connectivity index (χ4v) is 1.47. The third-order valence-corrected chi connectivity index (χ3v) is 2.57. The zero-order chi connectivity index (χ0) is 16.7. The molecule has 0 aromatic heterocycles. The third kappa shape index (κ3) is 5.24. The number of anilines is 1. The number of benzene rings is 1. The normalized spacial score (nSPS) is 9.95. The van der Waals surface area contributed by atoms with Crippen LogP contribution in [0.4, 0.5) is 19.3 Å². The smallest absolute Gasteiger partial charge is 0.387 e. The third-order valence-electron chi connectivity index (χ3n) is 2.57. The maximum absolute atomic E-state index is 12.3. The van der Waals surface area contributed by atoms with E-state index in [0.29, 0.717) is 0 Å². The van der Waals surface area contributed by atoms with Gasteiger partial charge in [-0.25, -0.2) is 4.79 Å². The van der Waals surface area contributed by atoms with Crippen LogP contribution in [0.15, 0.2) is 18.2 Å². The van der Waals surface area contributed by atoms with E-state index in [1.165, 1.54) is 19.2 Å². The van der Waals surface area contributed by atoms with E-state index in [-0.39, 0.29) is 30.0 Å². The minimum Gasteiger partial charge on any atom is -0.481 e. The fraction of sp³-hybridized carbons (Fsp3) is 0.308. The van der Waals surface area contributed by atoms with Crippen LogP contribution >= 0.6 is 0 Å². The van der Waals surface area contributed by atoms with E-state index in [1.807, 2.05) is 0 Å². The Balaban J connectivity index is 2.87. The Kier molecular flexibility index (Phi) is 6.07. The number of nitrogens with zero attached hydrogens (tertiary/aromatic N) is 2. The topological polar surface area (TPSA) is 103 Å². The number of rotatable bonds is 6. The van der Waals surface area contributed by atoms with Crippen LogP contribution in [0.5, 0.6) is 5.75 Å². The summed E-state index contributed by atoms with van der Waals surface area (Å²) in [6, 6.07) is 4.68. The van der Waals surface area contributed by atoms with Crippen molar-refractivity contribution < 1.29 is 28.2 Å². The van der Waals surface area contributed by atoms with E-state index in [1.54, 1.807) is 6.07 Å². The molecule has 0 aliphatic carbocycles. The van der Waals surface area contributed by atoms with E-state index in [0.717, 1.165) is 11.0 Å². The number of nitriles is 1. The van der Waals surface area contributed by atoms with Gasteiger partial charge >= 0.3 is 18.6 Å². The molecule has 0 radical (unpaired) electrons. The second-order valence-electron chi connectivity index (χ2n) is 4.20. The molecule has 0 saturated carbocycles. The average Bonchev–Trinajstić information content (AvgIpc) is 2.45. The van der Waals surface area contributed by atoms with E-state index >= 15 is 0 Å². The zero-order valence-electron chi connectivity index (χ0n) is 11.5. The van der Waals surface area contributed by atoms with Crippen molar-refractivity contribution in [3.05, 3.63) is 23.8 Å². The summed E-state index contributed by atoms with van der Waals surface area (Å²) >= 11 is 0. The summed E-state index contributed by atoms with van der Waals surface area (Å²) in [5.74, 6) is -1.37. The number of ether oxygens (including phenoxy) is 1. The van der Waals surface area contributed by atoms with Gasteiger partial charge in [0.2, 0.25) is 0 Å². The lowest BCUT2D eigenvalue weighted by molar-refractivity contribution is -0.137. The molecular weight excluding hydrogens is 300 g/mol. The Morgan fingerprint density at radius 2 is 2.18 bits per heavy atom. The summed E-state index contributed by atoms with van der Waals surface area (Å²) in [6.45, 7) is -3.15. The van der Waals surface area contributed by atoms with E-state index in [2.05, 4.69) is 10.1 Å². The Morgan fingerprint density at radius 3 is 2.73 bits per heavy atom. The van der Waals surface area contributed by atoms with Crippen molar-refractivity contribution in [3.63, 3.8) is 0 Å². The molecule has 0 aliphatic heterocycles. The second kappa shape index (κ2) is 7.78. The van der Waals surface area contributed by atoms with Crippen molar-refractivity contribution in [3.8, 4) is 11.8 Å². The number of carboxylic acid groups (broad SMARTS) is 1. The van der Waals surface area contributed by atoms with Crippen LogP contribution < -0.4 is 10.1 Å². The van der Waals surface area contributed by atoms with Crippen molar-refractivity contribution in [2.45, 2.75) is 13.0 Å². The molecule has 2 N–H and O–H groups in total. The predicted octanol–water partition coefficient (Wildman–Crippen LogP) is 2.10. The first-order valence-electron chi connectivity index (χ1n) is 6.06. The van der Waals surface area contributed by atoms with E-state index in [9.17, 15) is 18.4 Å². The summed E-state index contributed by atoms with van der Waals surface area (Å²) in [6.07, 6.45) is -0.261. The van der Waals surface area contributed by atoms with E-state index < -0.39 is 18.6 Å². The molecule has 0 aliphatic rings. The predicted molar refractivity (Wildman–Crippen MR) is 71.7 cm³/mol. The Bertz CT molecular complexity index is 601. The Labute approximate surface area is 124 Å². The van der Waals surface area contributed by atoms with Crippen LogP contribution in [0, 0.1) is 11.3 Å². The highest BCUT2D eigenvalue weighted by Crippen LogP contribution is 2.27. The number of amides is 2. The number of urea groups is 1. The molecule has 22 heavy (non-hydrogen) atoms. The van der Waals surface area contributed by atoms with Crippen LogP contribution in [0.1, 0.15) is 12.0 Å². The van der Waals surface area contributed by atoms with Gasteiger partial charge < -0.3 is 20.1 Å². The number of carbonyl (C=O) groups excluding carboxylic acids is 1. The molecule has 9 heteroatoms. The summed E-state index contributed by atoms with van der Waals surface area (Å²) < 4.78 is 28.9. The maximum Gasteiger partial charge on any atom is 0.387 e. The highest BCUT2D eigenvalue weighted by Gasteiger charge is 2.15. The maximum atomic E-state index is 12.3. The van der Waals surface area contributed by atoms with Gasteiger partial charge in [0, 0.05) is 13.6 Å². The van der Waals surface area contributed by atoms with Crippen LogP contribution in [0.3, 0.4) is 0 Å².